The van der Waals surface area contributed by atoms with Crippen molar-refractivity contribution in [3.63, 3.8) is 0 Å². The van der Waals surface area contributed by atoms with Gasteiger partial charge in [0.15, 0.2) is 0 Å². The third kappa shape index (κ3) is 2.96. The summed E-state index contributed by atoms with van der Waals surface area (Å²) in [5.41, 5.74) is 3.82. The number of nitrogens with zero attached hydrogens (tertiary/aromatic N) is 1. The summed E-state index contributed by atoms with van der Waals surface area (Å²) in [6.07, 6.45) is 1.60. The molecule has 2 aromatic carbocycles. The summed E-state index contributed by atoms with van der Waals surface area (Å²) in [6, 6.07) is 19.1. The van der Waals surface area contributed by atoms with Gasteiger partial charge in [-0.05, 0) is 36.0 Å². The number of hydrogen-bond acceptors (Lipinski definition) is 4. The molecule has 0 amide bonds. The van der Waals surface area contributed by atoms with E-state index in [-0.39, 0.29) is 22.7 Å². The van der Waals surface area contributed by atoms with E-state index < -0.39 is 0 Å². The first-order valence-corrected chi connectivity index (χ1v) is 9.22. The van der Waals surface area contributed by atoms with Crippen molar-refractivity contribution in [3.05, 3.63) is 80.3 Å². The van der Waals surface area contributed by atoms with Crippen molar-refractivity contribution in [2.24, 2.45) is 5.92 Å². The Labute approximate surface area is 150 Å². The molecule has 0 saturated heterocycles. The van der Waals surface area contributed by atoms with E-state index in [1.165, 1.54) is 16.8 Å². The minimum atomic E-state index is -0.201. The van der Waals surface area contributed by atoms with Crippen molar-refractivity contribution in [3.8, 4) is 5.88 Å². The number of aromatic nitrogens is 1. The average Bonchev–Trinajstić information content (AvgIpc) is 2.93. The van der Waals surface area contributed by atoms with Crippen molar-refractivity contribution in [1.82, 2.24) is 4.98 Å². The molecule has 0 spiro atoms. The zero-order valence-electron chi connectivity index (χ0n) is 14.0. The van der Waals surface area contributed by atoms with E-state index in [0.29, 0.717) is 6.42 Å². The number of thiazole rings is 1. The van der Waals surface area contributed by atoms with Crippen molar-refractivity contribution >= 4 is 17.0 Å². The molecule has 0 saturated carbocycles. The molecule has 1 aromatic heterocycles. The molecule has 2 N–H and O–H groups in total. The molecule has 4 rings (SSSR count). The van der Waals surface area contributed by atoms with Gasteiger partial charge in [-0.25, -0.2) is 0 Å². The molecule has 4 nitrogen and oxygen atoms in total. The van der Waals surface area contributed by atoms with E-state index in [1.54, 1.807) is 0 Å². The molecule has 25 heavy (non-hydrogen) atoms. The minimum absolute atomic E-state index is 0.0170. The van der Waals surface area contributed by atoms with Crippen LogP contribution in [0.4, 0.5) is 5.69 Å². The standard InChI is InChI=1S/C20H20N2O2S/c1-22-16-10-6-5-9-14(16)11-15(12-17-19(23)21-20(24)25-17)18(22)13-7-3-2-4-8-13/h2-10,15,18,23H,11-12H2,1H3,(H,21,24). The second kappa shape index (κ2) is 6.41. The van der Waals surface area contributed by atoms with Gasteiger partial charge in [-0.2, -0.15) is 0 Å². The molecule has 0 aliphatic carbocycles. The van der Waals surface area contributed by atoms with Crippen LogP contribution in [0.5, 0.6) is 5.88 Å². The fraction of sp³-hybridized carbons (Fsp3) is 0.250. The number of fused-ring (bicyclic) bond motifs is 1. The number of H-pyrrole nitrogens is 1. The third-order valence-corrected chi connectivity index (χ3v) is 5.90. The Morgan fingerprint density at radius 1 is 1.16 bits per heavy atom. The fourth-order valence-electron chi connectivity index (χ4n) is 3.95. The maximum absolute atomic E-state index is 11.6. The van der Waals surface area contributed by atoms with Crippen LogP contribution in [0.25, 0.3) is 0 Å². The van der Waals surface area contributed by atoms with Gasteiger partial charge in [-0.1, -0.05) is 59.9 Å². The summed E-state index contributed by atoms with van der Waals surface area (Å²) < 4.78 is 0. The smallest absolute Gasteiger partial charge is 0.307 e. The molecule has 3 aromatic rings. The Morgan fingerprint density at radius 3 is 2.60 bits per heavy atom. The van der Waals surface area contributed by atoms with Gasteiger partial charge in [0.05, 0.1) is 10.9 Å². The second-order valence-corrected chi connectivity index (χ2v) is 7.62. The maximum atomic E-state index is 11.6. The Morgan fingerprint density at radius 2 is 1.88 bits per heavy atom. The van der Waals surface area contributed by atoms with E-state index in [1.807, 2.05) is 6.07 Å². The summed E-state index contributed by atoms with van der Waals surface area (Å²) in [6.45, 7) is 0. The van der Waals surface area contributed by atoms with Gasteiger partial charge < -0.3 is 10.0 Å². The summed E-state index contributed by atoms with van der Waals surface area (Å²) in [7, 11) is 2.13. The Hall–Kier alpha value is -2.53. The number of para-hydroxylation sites is 1. The number of aromatic hydroxyl groups is 1. The predicted octanol–water partition coefficient (Wildman–Crippen LogP) is 3.73. The number of benzene rings is 2. The van der Waals surface area contributed by atoms with Crippen molar-refractivity contribution in [2.75, 3.05) is 11.9 Å². The highest BCUT2D eigenvalue weighted by Gasteiger charge is 2.34. The van der Waals surface area contributed by atoms with Crippen LogP contribution in [0.1, 0.15) is 22.0 Å². The average molecular weight is 352 g/mol. The van der Waals surface area contributed by atoms with Gasteiger partial charge in [0.25, 0.3) is 0 Å². The Balaban J connectivity index is 1.76. The molecule has 1 aliphatic rings. The number of hydrogen-bond donors (Lipinski definition) is 2. The van der Waals surface area contributed by atoms with Gasteiger partial charge in [-0.15, -0.1) is 0 Å². The third-order valence-electron chi connectivity index (χ3n) is 5.01. The van der Waals surface area contributed by atoms with E-state index >= 15 is 0 Å². The summed E-state index contributed by atoms with van der Waals surface area (Å²) in [4.78, 5) is 16.9. The van der Waals surface area contributed by atoms with Crippen molar-refractivity contribution in [1.29, 1.82) is 0 Å². The van der Waals surface area contributed by atoms with Gasteiger partial charge in [0, 0.05) is 12.7 Å². The molecular formula is C20H20N2O2S. The molecule has 2 atom stereocenters. The Kier molecular flexibility index (Phi) is 4.09. The topological polar surface area (TPSA) is 56.3 Å². The first-order valence-electron chi connectivity index (χ1n) is 8.40. The van der Waals surface area contributed by atoms with Crippen LogP contribution in [0.3, 0.4) is 0 Å². The molecule has 1 aliphatic heterocycles. The second-order valence-electron chi connectivity index (χ2n) is 6.55. The van der Waals surface area contributed by atoms with Crippen LogP contribution in [-0.4, -0.2) is 17.1 Å². The fourth-order valence-corrected chi connectivity index (χ4v) is 4.76. The molecule has 0 radical (unpaired) electrons. The van der Waals surface area contributed by atoms with E-state index in [2.05, 4.69) is 65.5 Å². The highest BCUT2D eigenvalue weighted by molar-refractivity contribution is 7.09. The molecule has 2 heterocycles. The van der Waals surface area contributed by atoms with Crippen molar-refractivity contribution in [2.45, 2.75) is 18.9 Å². The quantitative estimate of drug-likeness (QED) is 0.755. The highest BCUT2D eigenvalue weighted by Crippen LogP contribution is 2.43. The van der Waals surface area contributed by atoms with Crippen molar-refractivity contribution < 1.29 is 5.11 Å². The highest BCUT2D eigenvalue weighted by atomic mass is 32.1. The first kappa shape index (κ1) is 16.0. The number of nitrogens with one attached hydrogen (secondary N) is 1. The number of rotatable bonds is 3. The van der Waals surface area contributed by atoms with Gasteiger partial charge in [0.1, 0.15) is 0 Å². The lowest BCUT2D eigenvalue weighted by molar-refractivity contribution is 0.385. The first-order chi connectivity index (χ1) is 12.1. The largest absolute Gasteiger partial charge is 0.494 e. The van der Waals surface area contributed by atoms with E-state index in [4.69, 9.17) is 0 Å². The SMILES string of the molecule is CN1c2ccccc2CC(Cc2sc(=O)[nH]c2O)C1c1ccccc1. The van der Waals surface area contributed by atoms with Gasteiger partial charge in [0.2, 0.25) is 5.88 Å². The number of aromatic amines is 1. The zero-order valence-corrected chi connectivity index (χ0v) is 14.8. The van der Waals surface area contributed by atoms with Crippen LogP contribution in [0.2, 0.25) is 0 Å². The lowest BCUT2D eigenvalue weighted by Crippen LogP contribution is -2.37. The van der Waals surface area contributed by atoms with Crippen LogP contribution >= 0.6 is 11.3 Å². The summed E-state index contributed by atoms with van der Waals surface area (Å²) in [5, 5.41) is 10.0. The summed E-state index contributed by atoms with van der Waals surface area (Å²) in [5.74, 6) is 0.294. The normalized spacial score (nSPS) is 19.6. The molecule has 5 heteroatoms. The molecular weight excluding hydrogens is 332 g/mol. The lowest BCUT2D eigenvalue weighted by atomic mass is 9.80. The van der Waals surface area contributed by atoms with E-state index in [9.17, 15) is 9.90 Å². The monoisotopic (exact) mass is 352 g/mol. The van der Waals surface area contributed by atoms with Gasteiger partial charge in [-0.3, -0.25) is 9.78 Å². The Bertz CT molecular complexity index is 932. The molecule has 0 fully saturated rings. The van der Waals surface area contributed by atoms with Crippen LogP contribution < -0.4 is 9.77 Å². The molecule has 2 unspecified atom stereocenters. The molecule has 0 bridgehead atoms. The summed E-state index contributed by atoms with van der Waals surface area (Å²) >= 11 is 1.11. The minimum Gasteiger partial charge on any atom is -0.494 e. The lowest BCUT2D eigenvalue weighted by Gasteiger charge is -2.42. The maximum Gasteiger partial charge on any atom is 0.307 e. The van der Waals surface area contributed by atoms with Crippen LogP contribution in [0, 0.1) is 5.92 Å². The molecule has 128 valence electrons. The zero-order chi connectivity index (χ0) is 17.4. The van der Waals surface area contributed by atoms with Gasteiger partial charge >= 0.3 is 4.87 Å². The number of anilines is 1. The predicted molar refractivity (Wildman–Crippen MR) is 102 cm³/mol. The van der Waals surface area contributed by atoms with E-state index in [0.717, 1.165) is 22.6 Å². The van der Waals surface area contributed by atoms with Crippen LogP contribution in [0.15, 0.2) is 59.4 Å². The van der Waals surface area contributed by atoms with Crippen LogP contribution in [-0.2, 0) is 12.8 Å².